The second-order valence-corrected chi connectivity index (χ2v) is 7.25. The molecule has 0 unspecified atom stereocenters. The normalized spacial score (nSPS) is 11.0. The average Bonchev–Trinajstić information content (AvgIpc) is 3.17. The van der Waals surface area contributed by atoms with Crippen LogP contribution in [0.5, 0.6) is 5.75 Å². The van der Waals surface area contributed by atoms with Gasteiger partial charge >= 0.3 is 5.97 Å². The molecule has 31 heavy (non-hydrogen) atoms. The van der Waals surface area contributed by atoms with Crippen molar-refractivity contribution in [1.29, 1.82) is 5.41 Å². The molecule has 0 spiro atoms. The summed E-state index contributed by atoms with van der Waals surface area (Å²) in [6.45, 7) is 0.346. The van der Waals surface area contributed by atoms with Crippen LogP contribution in [0, 0.1) is 5.41 Å². The second-order valence-electron chi connectivity index (χ2n) is 7.25. The van der Waals surface area contributed by atoms with Crippen LogP contribution in [0.25, 0.3) is 33.5 Å². The standard InChI is InChI=1S/C23H21N5O3/c24-11-12-2-1-3-14(6-12)16-7-13(9-20(29)30)8-17(21(16)31)23-27-18-5-4-15(22(25)26)10-19(18)28-23/h1-8,10,31H,9,11,24H2,(H3,25,26)(H,27,28)(H,29,30). The topological polar surface area (TPSA) is 162 Å². The molecule has 4 rings (SSSR count). The molecule has 0 aliphatic carbocycles. The number of aromatic amines is 1. The summed E-state index contributed by atoms with van der Waals surface area (Å²) in [6, 6.07) is 15.8. The van der Waals surface area contributed by atoms with E-state index in [-0.39, 0.29) is 18.0 Å². The number of hydrogen-bond acceptors (Lipinski definition) is 5. The third-order valence-electron chi connectivity index (χ3n) is 5.05. The fourth-order valence-electron chi connectivity index (χ4n) is 3.54. The summed E-state index contributed by atoms with van der Waals surface area (Å²) in [5.74, 6) is -0.675. The number of H-pyrrole nitrogens is 1. The molecule has 0 atom stereocenters. The molecule has 0 fully saturated rings. The second kappa shape index (κ2) is 7.92. The number of imidazole rings is 1. The van der Waals surface area contributed by atoms with Gasteiger partial charge in [-0.25, -0.2) is 4.98 Å². The molecule has 8 nitrogen and oxygen atoms in total. The Morgan fingerprint density at radius 1 is 1.06 bits per heavy atom. The van der Waals surface area contributed by atoms with E-state index in [4.69, 9.17) is 16.9 Å². The van der Waals surface area contributed by atoms with Gasteiger partial charge in [0, 0.05) is 17.7 Å². The van der Waals surface area contributed by atoms with Crippen LogP contribution in [0.1, 0.15) is 16.7 Å². The Bertz CT molecular complexity index is 1330. The van der Waals surface area contributed by atoms with Crippen LogP contribution < -0.4 is 11.5 Å². The number of aliphatic carboxylic acids is 1. The van der Waals surface area contributed by atoms with Crippen LogP contribution in [0.3, 0.4) is 0 Å². The number of aromatic hydroxyl groups is 1. The van der Waals surface area contributed by atoms with Crippen LogP contribution in [0.4, 0.5) is 0 Å². The predicted octanol–water partition coefficient (Wildman–Crippen LogP) is 2.97. The first-order valence-corrected chi connectivity index (χ1v) is 9.57. The third kappa shape index (κ3) is 3.96. The Hall–Kier alpha value is -4.17. The van der Waals surface area contributed by atoms with Crippen LogP contribution in [0.15, 0.2) is 54.6 Å². The smallest absolute Gasteiger partial charge is 0.307 e. The molecule has 0 amide bonds. The number of phenols is 1. The van der Waals surface area contributed by atoms with Crippen molar-refractivity contribution in [2.24, 2.45) is 11.5 Å². The lowest BCUT2D eigenvalue weighted by atomic mass is 9.95. The summed E-state index contributed by atoms with van der Waals surface area (Å²) in [5, 5.41) is 28.0. The summed E-state index contributed by atoms with van der Waals surface area (Å²) in [4.78, 5) is 19.0. The van der Waals surface area contributed by atoms with Gasteiger partial charge in [0.15, 0.2) is 0 Å². The molecular weight excluding hydrogens is 394 g/mol. The van der Waals surface area contributed by atoms with Crippen molar-refractivity contribution < 1.29 is 15.0 Å². The first kappa shape index (κ1) is 20.1. The molecule has 8 N–H and O–H groups in total. The summed E-state index contributed by atoms with van der Waals surface area (Å²) in [6.07, 6.45) is -0.203. The Labute approximate surface area is 177 Å². The van der Waals surface area contributed by atoms with Crippen LogP contribution >= 0.6 is 0 Å². The summed E-state index contributed by atoms with van der Waals surface area (Å²) in [5.41, 5.74) is 16.2. The van der Waals surface area contributed by atoms with E-state index in [1.54, 1.807) is 30.3 Å². The van der Waals surface area contributed by atoms with Crippen LogP contribution in [-0.4, -0.2) is 32.0 Å². The van der Waals surface area contributed by atoms with Gasteiger partial charge in [0.05, 0.1) is 23.0 Å². The first-order chi connectivity index (χ1) is 14.9. The van der Waals surface area contributed by atoms with Crippen LogP contribution in [-0.2, 0) is 17.8 Å². The number of fused-ring (bicyclic) bond motifs is 1. The van der Waals surface area contributed by atoms with Gasteiger partial charge in [-0.2, -0.15) is 0 Å². The highest BCUT2D eigenvalue weighted by molar-refractivity contribution is 5.98. The zero-order chi connectivity index (χ0) is 22.1. The Balaban J connectivity index is 1.91. The SMILES string of the molecule is N=C(N)c1ccc2nc(-c3cc(CC(=O)O)cc(-c4cccc(CN)c4)c3O)[nH]c2c1. The van der Waals surface area contributed by atoms with Gasteiger partial charge in [0.2, 0.25) is 0 Å². The summed E-state index contributed by atoms with van der Waals surface area (Å²) >= 11 is 0. The number of carbonyl (C=O) groups is 1. The number of hydrogen-bond donors (Lipinski definition) is 6. The zero-order valence-corrected chi connectivity index (χ0v) is 16.5. The van der Waals surface area contributed by atoms with Gasteiger partial charge in [0.25, 0.3) is 0 Å². The van der Waals surface area contributed by atoms with Crippen molar-refractivity contribution in [1.82, 2.24) is 9.97 Å². The zero-order valence-electron chi connectivity index (χ0n) is 16.5. The molecule has 156 valence electrons. The highest BCUT2D eigenvalue weighted by Crippen LogP contribution is 2.39. The number of nitrogens with one attached hydrogen (secondary N) is 2. The number of nitrogen functional groups attached to an aromatic ring is 1. The van der Waals surface area contributed by atoms with Gasteiger partial charge in [-0.05, 0) is 53.1 Å². The number of aromatic nitrogens is 2. The van der Waals surface area contributed by atoms with E-state index < -0.39 is 5.97 Å². The first-order valence-electron chi connectivity index (χ1n) is 9.57. The number of amidine groups is 1. The maximum absolute atomic E-state index is 11.4. The third-order valence-corrected chi connectivity index (χ3v) is 5.05. The summed E-state index contributed by atoms with van der Waals surface area (Å²) in [7, 11) is 0. The van der Waals surface area contributed by atoms with Crippen molar-refractivity contribution in [2.75, 3.05) is 0 Å². The largest absolute Gasteiger partial charge is 0.507 e. The number of nitrogens with two attached hydrogens (primary N) is 2. The van der Waals surface area contributed by atoms with E-state index in [9.17, 15) is 15.0 Å². The fourth-order valence-corrected chi connectivity index (χ4v) is 3.54. The number of nitrogens with zero attached hydrogens (tertiary/aromatic N) is 1. The number of carboxylic acid groups (broad SMARTS) is 1. The van der Waals surface area contributed by atoms with E-state index in [0.717, 1.165) is 11.1 Å². The Morgan fingerprint density at radius 2 is 1.84 bits per heavy atom. The molecule has 0 radical (unpaired) electrons. The van der Waals surface area contributed by atoms with Crippen molar-refractivity contribution >= 4 is 22.8 Å². The quantitative estimate of drug-likeness (QED) is 0.209. The summed E-state index contributed by atoms with van der Waals surface area (Å²) < 4.78 is 0. The van der Waals surface area contributed by atoms with Gasteiger partial charge in [-0.1, -0.05) is 18.2 Å². The number of phenolic OH excluding ortho intramolecular Hbond substituents is 1. The van der Waals surface area contributed by atoms with E-state index >= 15 is 0 Å². The number of benzene rings is 3. The monoisotopic (exact) mass is 415 g/mol. The highest BCUT2D eigenvalue weighted by Gasteiger charge is 2.18. The maximum atomic E-state index is 11.4. The minimum atomic E-state index is -0.978. The molecular formula is C23H21N5O3. The molecule has 0 aliphatic heterocycles. The van der Waals surface area contributed by atoms with E-state index in [1.807, 2.05) is 24.3 Å². The molecule has 0 saturated carbocycles. The van der Waals surface area contributed by atoms with Crippen LogP contribution in [0.2, 0.25) is 0 Å². The average molecular weight is 415 g/mol. The lowest BCUT2D eigenvalue weighted by Gasteiger charge is -2.12. The van der Waals surface area contributed by atoms with Gasteiger partial charge in [0.1, 0.15) is 17.4 Å². The fraction of sp³-hybridized carbons (Fsp3) is 0.0870. The lowest BCUT2D eigenvalue weighted by molar-refractivity contribution is -0.136. The van der Waals surface area contributed by atoms with E-state index in [2.05, 4.69) is 9.97 Å². The van der Waals surface area contributed by atoms with Gasteiger partial charge in [-0.15, -0.1) is 0 Å². The predicted molar refractivity (Wildman–Crippen MR) is 119 cm³/mol. The molecule has 3 aromatic carbocycles. The highest BCUT2D eigenvalue weighted by atomic mass is 16.4. The van der Waals surface area contributed by atoms with E-state index in [0.29, 0.717) is 45.7 Å². The van der Waals surface area contributed by atoms with Crippen molar-refractivity contribution in [3.63, 3.8) is 0 Å². The molecule has 8 heteroatoms. The molecule has 0 saturated heterocycles. The minimum absolute atomic E-state index is 0.0193. The van der Waals surface area contributed by atoms with Crippen molar-refractivity contribution in [2.45, 2.75) is 13.0 Å². The number of rotatable bonds is 6. The maximum Gasteiger partial charge on any atom is 0.307 e. The minimum Gasteiger partial charge on any atom is -0.507 e. The molecule has 0 bridgehead atoms. The molecule has 0 aliphatic rings. The molecule has 1 heterocycles. The Morgan fingerprint density at radius 3 is 2.55 bits per heavy atom. The van der Waals surface area contributed by atoms with Gasteiger partial charge in [-0.3, -0.25) is 10.2 Å². The van der Waals surface area contributed by atoms with Gasteiger partial charge < -0.3 is 26.7 Å². The number of carboxylic acids is 1. The van der Waals surface area contributed by atoms with Crippen molar-refractivity contribution in [3.05, 3.63) is 71.3 Å². The van der Waals surface area contributed by atoms with E-state index in [1.165, 1.54) is 0 Å². The Kier molecular flexibility index (Phi) is 5.14. The molecule has 4 aromatic rings. The molecule has 1 aromatic heterocycles. The van der Waals surface area contributed by atoms with Crippen molar-refractivity contribution in [3.8, 4) is 28.3 Å². The lowest BCUT2D eigenvalue weighted by Crippen LogP contribution is -2.10.